The van der Waals surface area contributed by atoms with Gasteiger partial charge in [-0.3, -0.25) is 9.59 Å². The van der Waals surface area contributed by atoms with E-state index in [-0.39, 0.29) is 31.9 Å². The molecule has 0 fully saturated rings. The normalized spacial score (nSPS) is 13.1. The molecule has 1 aliphatic carbocycles. The summed E-state index contributed by atoms with van der Waals surface area (Å²) in [5, 5.41) is 0. The second-order valence-corrected chi connectivity index (χ2v) is 8.51. The quantitative estimate of drug-likeness (QED) is 0.0781. The molecule has 4 rings (SSSR count). The number of benzene rings is 3. The molecule has 2 N–H and O–H groups in total. The average Bonchev–Trinajstić information content (AvgIpc) is 3.23. The van der Waals surface area contributed by atoms with Gasteiger partial charge in [0.1, 0.15) is 6.61 Å². The Morgan fingerprint density at radius 1 is 0.757 bits per heavy atom. The lowest BCUT2D eigenvalue weighted by Crippen LogP contribution is -2.31. The van der Waals surface area contributed by atoms with E-state index in [0.717, 1.165) is 22.3 Å². The molecule has 0 aromatic heterocycles. The minimum absolute atomic E-state index is 0.143. The van der Waals surface area contributed by atoms with Crippen LogP contribution in [-0.2, 0) is 14.3 Å². The molecule has 0 heterocycles. The van der Waals surface area contributed by atoms with Gasteiger partial charge in [0, 0.05) is 5.92 Å². The zero-order valence-electron chi connectivity index (χ0n) is 19.4. The van der Waals surface area contributed by atoms with Gasteiger partial charge in [0.15, 0.2) is 5.92 Å². The van der Waals surface area contributed by atoms with Gasteiger partial charge >= 0.3 is 11.9 Å². The van der Waals surface area contributed by atoms with Gasteiger partial charge in [-0.15, -0.1) is 0 Å². The number of carbonyl (C=O) groups is 2. The minimum Gasteiger partial charge on any atom is -0.464 e. The number of halogens is 5. The zero-order valence-corrected chi connectivity index (χ0v) is 19.4. The van der Waals surface area contributed by atoms with Crippen molar-refractivity contribution in [1.29, 1.82) is 0 Å². The van der Waals surface area contributed by atoms with Crippen LogP contribution in [0.5, 0.6) is 5.75 Å². The number of fused-ring (bicyclic) bond motifs is 3. The molecule has 0 spiro atoms. The molecular formula is C27H22F5NO4. The molecular weight excluding hydrogens is 497 g/mol. The number of nitrogens with two attached hydrogens (primary N) is 1. The Bertz CT molecular complexity index is 1270. The molecule has 10 heteroatoms. The number of carbonyl (C=O) groups excluding carboxylic acids is 2. The van der Waals surface area contributed by atoms with Crippen LogP contribution in [0.1, 0.15) is 36.3 Å². The number of esters is 2. The van der Waals surface area contributed by atoms with Crippen molar-refractivity contribution in [2.24, 2.45) is 11.7 Å². The fraction of sp³-hybridized carbons (Fsp3) is 0.259. The van der Waals surface area contributed by atoms with Crippen LogP contribution in [0.2, 0.25) is 0 Å². The largest absolute Gasteiger partial charge is 0.464 e. The standard InChI is InChI=1S/C27H22F5NO4/c28-20-21(29)23(31)25(24(32)22(20)30)37-27(35)18(11-5-6-12-33)26(34)36-13-19-16-9-3-1-7-14(16)15-8-2-4-10-17(15)19/h1-4,7-10,18-19H,5-6,11-13,33H2. The monoisotopic (exact) mass is 519 g/mol. The number of hydrogen-bond acceptors (Lipinski definition) is 5. The summed E-state index contributed by atoms with van der Waals surface area (Å²) in [5.74, 6) is -17.9. The van der Waals surface area contributed by atoms with Gasteiger partial charge in [-0.2, -0.15) is 8.78 Å². The number of unbranched alkanes of at least 4 members (excludes halogenated alkanes) is 1. The predicted octanol–water partition coefficient (Wildman–Crippen LogP) is 5.39. The van der Waals surface area contributed by atoms with E-state index in [1.165, 1.54) is 0 Å². The molecule has 0 radical (unpaired) electrons. The Labute approximate surface area is 209 Å². The van der Waals surface area contributed by atoms with Gasteiger partial charge in [0.2, 0.25) is 34.8 Å². The van der Waals surface area contributed by atoms with Crippen LogP contribution in [0.25, 0.3) is 11.1 Å². The fourth-order valence-electron chi connectivity index (χ4n) is 4.38. The molecule has 0 saturated heterocycles. The first kappa shape index (κ1) is 26.3. The topological polar surface area (TPSA) is 78.6 Å². The molecule has 1 unspecified atom stereocenters. The predicted molar refractivity (Wildman–Crippen MR) is 123 cm³/mol. The smallest absolute Gasteiger partial charge is 0.325 e. The minimum atomic E-state index is -2.40. The van der Waals surface area contributed by atoms with Crippen molar-refractivity contribution in [2.45, 2.75) is 25.2 Å². The van der Waals surface area contributed by atoms with E-state index in [1.807, 2.05) is 48.5 Å². The molecule has 1 atom stereocenters. The Morgan fingerprint density at radius 2 is 1.27 bits per heavy atom. The van der Waals surface area contributed by atoms with Crippen LogP contribution in [0, 0.1) is 35.0 Å². The third-order valence-corrected chi connectivity index (χ3v) is 6.24. The van der Waals surface area contributed by atoms with Crippen molar-refractivity contribution in [3.8, 4) is 16.9 Å². The van der Waals surface area contributed by atoms with Gasteiger partial charge in [-0.05, 0) is 41.6 Å². The van der Waals surface area contributed by atoms with Crippen LogP contribution < -0.4 is 10.5 Å². The summed E-state index contributed by atoms with van der Waals surface area (Å²) in [6, 6.07) is 15.1. The number of hydrogen-bond donors (Lipinski definition) is 1. The lowest BCUT2D eigenvalue weighted by molar-refractivity contribution is -0.158. The highest BCUT2D eigenvalue weighted by atomic mass is 19.2. The highest BCUT2D eigenvalue weighted by Gasteiger charge is 2.36. The molecule has 37 heavy (non-hydrogen) atoms. The summed E-state index contributed by atoms with van der Waals surface area (Å²) < 4.78 is 78.5. The molecule has 194 valence electrons. The van der Waals surface area contributed by atoms with Crippen molar-refractivity contribution in [2.75, 3.05) is 13.2 Å². The molecule has 0 aliphatic heterocycles. The average molecular weight is 519 g/mol. The maximum absolute atomic E-state index is 14.0. The van der Waals surface area contributed by atoms with Gasteiger partial charge in [-0.25, -0.2) is 13.2 Å². The molecule has 1 aliphatic rings. The van der Waals surface area contributed by atoms with Crippen molar-refractivity contribution in [3.05, 3.63) is 88.7 Å². The first-order valence-electron chi connectivity index (χ1n) is 11.5. The number of rotatable bonds is 9. The Hall–Kier alpha value is -3.79. The van der Waals surface area contributed by atoms with Gasteiger partial charge in [-0.1, -0.05) is 55.0 Å². The maximum atomic E-state index is 14.0. The molecule has 5 nitrogen and oxygen atoms in total. The highest BCUT2D eigenvalue weighted by Crippen LogP contribution is 2.44. The van der Waals surface area contributed by atoms with Crippen molar-refractivity contribution >= 4 is 11.9 Å². The van der Waals surface area contributed by atoms with E-state index in [9.17, 15) is 31.5 Å². The molecule has 0 amide bonds. The van der Waals surface area contributed by atoms with Gasteiger partial charge in [0.25, 0.3) is 0 Å². The zero-order chi connectivity index (χ0) is 26.7. The Balaban J connectivity index is 1.54. The summed E-state index contributed by atoms with van der Waals surface area (Å²) in [6.07, 6.45) is 0.489. The van der Waals surface area contributed by atoms with E-state index in [2.05, 4.69) is 4.74 Å². The molecule has 3 aromatic carbocycles. The van der Waals surface area contributed by atoms with E-state index in [1.54, 1.807) is 0 Å². The lowest BCUT2D eigenvalue weighted by atomic mass is 9.97. The second-order valence-electron chi connectivity index (χ2n) is 8.51. The summed E-state index contributed by atoms with van der Waals surface area (Å²) in [4.78, 5) is 25.7. The molecule has 3 aromatic rings. The summed E-state index contributed by atoms with van der Waals surface area (Å²) in [5.41, 5.74) is 9.25. The highest BCUT2D eigenvalue weighted by molar-refractivity contribution is 5.96. The van der Waals surface area contributed by atoms with E-state index in [4.69, 9.17) is 10.5 Å². The van der Waals surface area contributed by atoms with Crippen LogP contribution in [0.15, 0.2) is 48.5 Å². The van der Waals surface area contributed by atoms with E-state index in [0.29, 0.717) is 6.42 Å². The summed E-state index contributed by atoms with van der Waals surface area (Å²) in [7, 11) is 0. The first-order chi connectivity index (χ1) is 17.8. The third-order valence-electron chi connectivity index (χ3n) is 6.24. The summed E-state index contributed by atoms with van der Waals surface area (Å²) >= 11 is 0. The van der Waals surface area contributed by atoms with Crippen LogP contribution in [-0.4, -0.2) is 25.1 Å². The van der Waals surface area contributed by atoms with Crippen molar-refractivity contribution < 1.29 is 41.0 Å². The van der Waals surface area contributed by atoms with Crippen molar-refractivity contribution in [3.63, 3.8) is 0 Å². The van der Waals surface area contributed by atoms with Gasteiger partial charge in [0.05, 0.1) is 0 Å². The van der Waals surface area contributed by atoms with Crippen molar-refractivity contribution in [1.82, 2.24) is 0 Å². The van der Waals surface area contributed by atoms with Crippen LogP contribution in [0.4, 0.5) is 22.0 Å². The van der Waals surface area contributed by atoms with Crippen LogP contribution in [0.3, 0.4) is 0 Å². The first-order valence-corrected chi connectivity index (χ1v) is 11.5. The van der Waals surface area contributed by atoms with Gasteiger partial charge < -0.3 is 15.2 Å². The molecule has 0 saturated carbocycles. The lowest BCUT2D eigenvalue weighted by Gasteiger charge is -2.18. The fourth-order valence-corrected chi connectivity index (χ4v) is 4.38. The maximum Gasteiger partial charge on any atom is 0.325 e. The van der Waals surface area contributed by atoms with E-state index < -0.39 is 52.7 Å². The van der Waals surface area contributed by atoms with E-state index >= 15 is 0 Å². The Kier molecular flexibility index (Phi) is 7.87. The van der Waals surface area contributed by atoms with Crippen LogP contribution >= 0.6 is 0 Å². The Morgan fingerprint density at radius 3 is 1.81 bits per heavy atom. The molecule has 0 bridgehead atoms. The SMILES string of the molecule is NCCCCC(C(=O)OCC1c2ccccc2-c2ccccc21)C(=O)Oc1c(F)c(F)c(F)c(F)c1F. The third kappa shape index (κ3) is 5.06. The summed E-state index contributed by atoms with van der Waals surface area (Å²) in [6.45, 7) is 0.0974. The second kappa shape index (κ2) is 11.1. The number of ether oxygens (including phenoxy) is 2.